The minimum Gasteiger partial charge on any atom is -0.372 e. The van der Waals surface area contributed by atoms with Crippen molar-refractivity contribution in [3.63, 3.8) is 0 Å². The van der Waals surface area contributed by atoms with Gasteiger partial charge in [0.15, 0.2) is 0 Å². The fourth-order valence-electron chi connectivity index (χ4n) is 21.4. The van der Waals surface area contributed by atoms with Crippen LogP contribution in [0.3, 0.4) is 0 Å². The molecule has 22 rings (SSSR count). The van der Waals surface area contributed by atoms with Gasteiger partial charge in [-0.1, -0.05) is 185 Å². The molecule has 7 nitrogen and oxygen atoms in total. The fourth-order valence-corrected chi connectivity index (χ4v) is 22.4. The first-order chi connectivity index (χ1) is 54.5. The van der Waals surface area contributed by atoms with Crippen LogP contribution in [0.1, 0.15) is 127 Å². The predicted molar refractivity (Wildman–Crippen MR) is 471 cm³/mol. The highest BCUT2D eigenvalue weighted by Crippen LogP contribution is 2.56. The Bertz CT molecular complexity index is 6460. The van der Waals surface area contributed by atoms with E-state index in [1.807, 2.05) is 12.3 Å². The number of hydrogen-bond acceptors (Lipinski definition) is 8. The molecular formula is C103H91N7S. The molecule has 111 heavy (non-hydrogen) atoms. The second-order valence-corrected chi connectivity index (χ2v) is 34.9. The van der Waals surface area contributed by atoms with Gasteiger partial charge in [0.2, 0.25) is 0 Å². The van der Waals surface area contributed by atoms with Gasteiger partial charge in [-0.25, -0.2) is 9.97 Å². The van der Waals surface area contributed by atoms with Crippen LogP contribution in [0.4, 0.5) is 22.7 Å². The number of aromatic nitrogens is 3. The standard InChI is InChI=1S/C103H91N7S/c1-102(2)86-25-9-7-23-74(86)76-44-37-68(58-88(76)102)96-79-48-42-72(62-83(79)95(78-46-40-70(60-82(78)96)107-52-15-5-16-53-107)64-31-35-67(36-32-64)101-106-90-27-11-12-30-94(90)111-101)109-56-19-13-28-92(109)93-29-14-20-57-110(93)73-43-49-81-84(63-73)97(69-38-45-77-75-24-8-10-26-87(75)103(3,4)89(77)59-69)80-47-41-71(108-54-17-6-18-55-108)61-85(80)98(81)91-50-39-66-34-33-65-22-21-51-104-99(65)100(66)105-91/h7-12,21-27,30-51,58-63,92-93H,5-6,13-20,28-29,52-57H2,1-4H3. The third-order valence-electron chi connectivity index (χ3n) is 27.0. The Morgan fingerprint density at radius 1 is 0.324 bits per heavy atom. The summed E-state index contributed by atoms with van der Waals surface area (Å²) in [6.07, 6.45) is 16.3. The van der Waals surface area contributed by atoms with Gasteiger partial charge in [-0.3, -0.25) is 4.98 Å². The van der Waals surface area contributed by atoms with E-state index in [1.165, 1.54) is 205 Å². The molecule has 544 valence electrons. The molecule has 7 heterocycles. The van der Waals surface area contributed by atoms with Crippen LogP contribution in [0.2, 0.25) is 0 Å². The summed E-state index contributed by atoms with van der Waals surface area (Å²) in [5.41, 5.74) is 29.9. The van der Waals surface area contributed by atoms with E-state index in [0.717, 1.165) is 109 Å². The van der Waals surface area contributed by atoms with Gasteiger partial charge in [-0.05, 0) is 283 Å². The normalized spacial score (nSPS) is 18.1. The Labute approximate surface area is 654 Å². The summed E-state index contributed by atoms with van der Waals surface area (Å²) >= 11 is 1.78. The maximum Gasteiger partial charge on any atom is 0.124 e. The quantitative estimate of drug-likeness (QED) is 0.0999. The average molecular weight is 1460 g/mol. The Hall–Kier alpha value is -11.2. The average Bonchev–Trinajstić information content (AvgIpc) is 1.58. The lowest BCUT2D eigenvalue weighted by atomic mass is 9.80. The zero-order chi connectivity index (χ0) is 73.8. The van der Waals surface area contributed by atoms with Crippen molar-refractivity contribution in [2.45, 2.75) is 128 Å². The highest BCUT2D eigenvalue weighted by atomic mass is 32.1. The molecule has 6 aliphatic rings. The molecule has 4 fully saturated rings. The van der Waals surface area contributed by atoms with Gasteiger partial charge in [-0.15, -0.1) is 11.3 Å². The molecule has 0 amide bonds. The molecule has 3 aromatic heterocycles. The number of anilines is 4. The minimum atomic E-state index is -0.171. The van der Waals surface area contributed by atoms with Gasteiger partial charge < -0.3 is 19.6 Å². The monoisotopic (exact) mass is 1460 g/mol. The van der Waals surface area contributed by atoms with Gasteiger partial charge in [-0.2, -0.15) is 0 Å². The fraction of sp³-hybridized carbons (Fsp3) is 0.252. The van der Waals surface area contributed by atoms with Crippen LogP contribution in [0.5, 0.6) is 0 Å². The number of rotatable bonds is 10. The Balaban J connectivity index is 0.726. The van der Waals surface area contributed by atoms with Crippen LogP contribution in [0, 0.1) is 0 Å². The van der Waals surface area contributed by atoms with Crippen LogP contribution in [-0.4, -0.2) is 66.3 Å². The van der Waals surface area contributed by atoms with Gasteiger partial charge in [0.1, 0.15) is 5.01 Å². The first kappa shape index (κ1) is 66.8. The largest absolute Gasteiger partial charge is 0.372 e. The van der Waals surface area contributed by atoms with Crippen LogP contribution >= 0.6 is 11.3 Å². The van der Waals surface area contributed by atoms with Crippen molar-refractivity contribution >= 4 is 109 Å². The van der Waals surface area contributed by atoms with Crippen molar-refractivity contribution in [3.8, 4) is 77.5 Å². The lowest BCUT2D eigenvalue weighted by Gasteiger charge is -2.49. The minimum absolute atomic E-state index is 0.152. The van der Waals surface area contributed by atoms with Crippen LogP contribution in [0.25, 0.3) is 153 Å². The van der Waals surface area contributed by atoms with Crippen molar-refractivity contribution in [3.05, 3.63) is 271 Å². The predicted octanol–water partition coefficient (Wildman–Crippen LogP) is 26.4. The molecule has 8 heteroatoms. The third kappa shape index (κ3) is 10.8. The number of benzene rings is 13. The second-order valence-electron chi connectivity index (χ2n) is 33.9. The molecule has 4 saturated heterocycles. The molecule has 0 spiro atoms. The molecule has 0 saturated carbocycles. The Kier molecular flexibility index (Phi) is 15.8. The zero-order valence-corrected chi connectivity index (χ0v) is 64.9. The van der Waals surface area contributed by atoms with E-state index in [4.69, 9.17) is 15.0 Å². The van der Waals surface area contributed by atoms with E-state index in [-0.39, 0.29) is 22.9 Å². The van der Waals surface area contributed by atoms with E-state index in [0.29, 0.717) is 0 Å². The molecule has 16 aromatic rings. The number of nitrogens with zero attached hydrogens (tertiary/aromatic N) is 7. The maximum atomic E-state index is 5.78. The first-order valence-electron chi connectivity index (χ1n) is 41.3. The summed E-state index contributed by atoms with van der Waals surface area (Å²) < 4.78 is 1.22. The summed E-state index contributed by atoms with van der Waals surface area (Å²) in [6, 6.07) is 95.3. The van der Waals surface area contributed by atoms with Gasteiger partial charge in [0.25, 0.3) is 0 Å². The molecule has 0 N–H and O–H groups in total. The summed E-state index contributed by atoms with van der Waals surface area (Å²) in [6.45, 7) is 16.0. The van der Waals surface area contributed by atoms with Crippen molar-refractivity contribution in [2.24, 2.45) is 0 Å². The summed E-state index contributed by atoms with van der Waals surface area (Å²) in [7, 11) is 0. The van der Waals surface area contributed by atoms with Gasteiger partial charge in [0.05, 0.1) is 26.9 Å². The number of piperidine rings is 4. The molecule has 13 aromatic carbocycles. The summed E-state index contributed by atoms with van der Waals surface area (Å²) in [5, 5.41) is 13.5. The Morgan fingerprint density at radius 3 is 1.32 bits per heavy atom. The molecule has 2 aliphatic carbocycles. The molecular weight excluding hydrogens is 1370 g/mol. The number of fused-ring (bicyclic) bond motifs is 14. The van der Waals surface area contributed by atoms with Crippen molar-refractivity contribution in [1.29, 1.82) is 0 Å². The molecule has 4 aliphatic heterocycles. The van der Waals surface area contributed by atoms with E-state index in [9.17, 15) is 0 Å². The van der Waals surface area contributed by atoms with E-state index in [1.54, 1.807) is 11.3 Å². The van der Waals surface area contributed by atoms with Gasteiger partial charge >= 0.3 is 0 Å². The van der Waals surface area contributed by atoms with Crippen molar-refractivity contribution in [2.75, 3.05) is 58.9 Å². The smallest absolute Gasteiger partial charge is 0.124 e. The highest BCUT2D eigenvalue weighted by molar-refractivity contribution is 7.21. The number of thiazole rings is 1. The lowest BCUT2D eigenvalue weighted by molar-refractivity contribution is 0.338. The molecule has 0 bridgehead atoms. The lowest BCUT2D eigenvalue weighted by Crippen LogP contribution is -2.56. The molecule has 2 atom stereocenters. The van der Waals surface area contributed by atoms with Crippen LogP contribution in [0.15, 0.2) is 249 Å². The second kappa shape index (κ2) is 26.2. The van der Waals surface area contributed by atoms with E-state index >= 15 is 0 Å². The Morgan fingerprint density at radius 2 is 0.766 bits per heavy atom. The highest BCUT2D eigenvalue weighted by Gasteiger charge is 2.40. The topological polar surface area (TPSA) is 51.6 Å². The molecule has 0 radical (unpaired) electrons. The van der Waals surface area contributed by atoms with Crippen LogP contribution < -0.4 is 19.6 Å². The SMILES string of the molecule is CC1(C)c2ccccc2-c2ccc(-c3c4ccc(N5CCCCC5C5CCCCN5c5ccc6c(-c7ccc8ccc9cccnc9c8n7)c7cc(N8CCCCC8)ccc7c(-c7ccc8c(c7)C(C)(C)c7ccccc7-8)c6c5)cc4c(-c4ccc(-c5nc6ccccc6s5)cc4)c4ccc(N5CCCCC5)cc34)cc21. The van der Waals surface area contributed by atoms with Gasteiger partial charge in [0, 0.05) is 113 Å². The first-order valence-corrected chi connectivity index (χ1v) is 42.1. The van der Waals surface area contributed by atoms with Crippen LogP contribution in [-0.2, 0) is 10.8 Å². The van der Waals surface area contributed by atoms with E-state index in [2.05, 4.69) is 284 Å². The number of hydrogen-bond donors (Lipinski definition) is 0. The van der Waals surface area contributed by atoms with E-state index < -0.39 is 0 Å². The van der Waals surface area contributed by atoms with Crippen molar-refractivity contribution < 1.29 is 0 Å². The third-order valence-corrected chi connectivity index (χ3v) is 28.0. The summed E-state index contributed by atoms with van der Waals surface area (Å²) in [4.78, 5) is 27.0. The number of pyridine rings is 2. The summed E-state index contributed by atoms with van der Waals surface area (Å²) in [5.74, 6) is 0. The maximum absolute atomic E-state index is 5.78. The molecule has 2 unspecified atom stereocenters. The van der Waals surface area contributed by atoms with Crippen molar-refractivity contribution in [1.82, 2.24) is 15.0 Å². The number of para-hydroxylation sites is 1. The zero-order valence-electron chi connectivity index (χ0n) is 64.1.